The molecule has 1 atom stereocenters. The molecular weight excluding hydrogens is 1080 g/mol. The van der Waals surface area contributed by atoms with Gasteiger partial charge in [0.25, 0.3) is 0 Å². The average molecular weight is 1120 g/mol. The molecule has 2 heterocycles. The molecule has 0 saturated heterocycles. The quantitative estimate of drug-likeness (QED) is 0.146. The van der Waals surface area contributed by atoms with Gasteiger partial charge in [-0.3, -0.25) is 0 Å². The molecule has 0 amide bonds. The van der Waals surface area contributed by atoms with E-state index in [1.165, 1.54) is 22.3 Å². The molecule has 0 fully saturated rings. The van der Waals surface area contributed by atoms with Gasteiger partial charge in [0.1, 0.15) is 5.41 Å². The fourth-order valence-electron chi connectivity index (χ4n) is 10.3. The third-order valence-electron chi connectivity index (χ3n) is 14.0. The third-order valence-corrected chi connectivity index (χ3v) is 15.0. The summed E-state index contributed by atoms with van der Waals surface area (Å²) in [6.45, 7) is 0. The number of benzene rings is 10. The van der Waals surface area contributed by atoms with E-state index in [1.54, 1.807) is 0 Å². The molecule has 0 spiro atoms. The van der Waals surface area contributed by atoms with Gasteiger partial charge in [0.15, 0.2) is 40.5 Å². The summed E-state index contributed by atoms with van der Waals surface area (Å²) >= 11 is 7.17. The van der Waals surface area contributed by atoms with Crippen LogP contribution in [0.5, 0.6) is 0 Å². The summed E-state index contributed by atoms with van der Waals surface area (Å²) in [5, 5.41) is 12.9. The largest absolute Gasteiger partial charge is 0.373 e. The first-order chi connectivity index (χ1) is 37.9. The molecular formula is C68H46Br2N6O. The second-order valence-electron chi connectivity index (χ2n) is 18.6. The molecule has 0 bridgehead atoms. The van der Waals surface area contributed by atoms with Gasteiger partial charge in [-0.1, -0.05) is 281 Å². The SMILES string of the molecule is Brc1ccc(C2(c3nc(-c4ccccc4)nc(-c4ccccc4)n3)c3ccccc3-c3ccccc32)cc1.OC(c1ccc(Br)cc1)(c1nc(-c2ccccc2)nc(-c2ccccc2)n1)c1ccccc1-c1ccccc1. The zero-order valence-corrected chi connectivity index (χ0v) is 44.5. The summed E-state index contributed by atoms with van der Waals surface area (Å²) in [4.78, 5) is 30.1. The highest BCUT2D eigenvalue weighted by atomic mass is 79.9. The van der Waals surface area contributed by atoms with Crippen LogP contribution in [0.1, 0.15) is 39.5 Å². The predicted octanol–water partition coefficient (Wildman–Crippen LogP) is 16.3. The summed E-state index contributed by atoms with van der Waals surface area (Å²) in [6, 6.07) is 91.2. The molecule has 13 rings (SSSR count). The molecule has 368 valence electrons. The summed E-state index contributed by atoms with van der Waals surface area (Å²) in [5.74, 6) is 3.27. The van der Waals surface area contributed by atoms with Crippen LogP contribution in [0, 0.1) is 0 Å². The number of hydrogen-bond acceptors (Lipinski definition) is 7. The van der Waals surface area contributed by atoms with Crippen molar-refractivity contribution in [3.8, 4) is 67.8 Å². The Morgan fingerprint density at radius 3 is 1.08 bits per heavy atom. The standard InChI is InChI=1S/C34H24BrN3O.C34H22BrN3/c35-28-22-20-27(21-23-28)34(39,30-19-11-10-18-29(30)24-12-4-1-5-13-24)33-37-31(25-14-6-2-7-15-25)36-32(38-33)26-16-8-3-9-17-26;35-26-21-19-25(20-22-26)34(29-17-9-7-15-27(29)28-16-8-10-18-30(28)34)33-37-31(23-11-3-1-4-12-23)36-32(38-33)24-13-5-2-6-14-24/h1-23,39H;1-22H. The maximum atomic E-state index is 12.9. The molecule has 9 heteroatoms. The van der Waals surface area contributed by atoms with Crippen molar-refractivity contribution in [3.05, 3.63) is 321 Å². The van der Waals surface area contributed by atoms with Crippen LogP contribution in [0.4, 0.5) is 0 Å². The van der Waals surface area contributed by atoms with Crippen LogP contribution in [0.15, 0.2) is 282 Å². The molecule has 1 aliphatic carbocycles. The highest BCUT2D eigenvalue weighted by Crippen LogP contribution is 2.55. The number of hydrogen-bond donors (Lipinski definition) is 1. The van der Waals surface area contributed by atoms with Crippen molar-refractivity contribution in [2.24, 2.45) is 0 Å². The second-order valence-corrected chi connectivity index (χ2v) is 20.4. The molecule has 77 heavy (non-hydrogen) atoms. The monoisotopic (exact) mass is 1120 g/mol. The molecule has 10 aromatic carbocycles. The van der Waals surface area contributed by atoms with Crippen molar-refractivity contribution in [3.63, 3.8) is 0 Å². The van der Waals surface area contributed by atoms with Gasteiger partial charge in [-0.2, -0.15) is 0 Å². The maximum Gasteiger partial charge on any atom is 0.175 e. The van der Waals surface area contributed by atoms with Gasteiger partial charge in [0, 0.05) is 36.8 Å². The lowest BCUT2D eigenvalue weighted by atomic mass is 9.71. The van der Waals surface area contributed by atoms with E-state index in [9.17, 15) is 5.11 Å². The summed E-state index contributed by atoms with van der Waals surface area (Å²) in [7, 11) is 0. The van der Waals surface area contributed by atoms with Crippen molar-refractivity contribution < 1.29 is 5.11 Å². The zero-order valence-electron chi connectivity index (χ0n) is 41.4. The van der Waals surface area contributed by atoms with Crippen molar-refractivity contribution in [1.29, 1.82) is 0 Å². The van der Waals surface area contributed by atoms with Crippen LogP contribution in [-0.4, -0.2) is 35.0 Å². The molecule has 1 aliphatic rings. The van der Waals surface area contributed by atoms with Gasteiger partial charge in [0.05, 0.1) is 0 Å². The van der Waals surface area contributed by atoms with E-state index >= 15 is 0 Å². The number of halogens is 2. The van der Waals surface area contributed by atoms with E-state index < -0.39 is 11.0 Å². The molecule has 0 radical (unpaired) electrons. The lowest BCUT2D eigenvalue weighted by Crippen LogP contribution is -2.32. The minimum absolute atomic E-state index is 0.251. The van der Waals surface area contributed by atoms with E-state index in [0.717, 1.165) is 47.9 Å². The summed E-state index contributed by atoms with van der Waals surface area (Å²) in [5.41, 5.74) is 10.3. The number of aliphatic hydroxyl groups is 1. The molecule has 2 aromatic heterocycles. The minimum atomic E-state index is -1.68. The molecule has 0 aliphatic heterocycles. The van der Waals surface area contributed by atoms with Gasteiger partial charge in [-0.15, -0.1) is 0 Å². The van der Waals surface area contributed by atoms with Gasteiger partial charge in [0.2, 0.25) is 0 Å². The molecule has 7 nitrogen and oxygen atoms in total. The van der Waals surface area contributed by atoms with Gasteiger partial charge < -0.3 is 5.11 Å². The Morgan fingerprint density at radius 1 is 0.312 bits per heavy atom. The van der Waals surface area contributed by atoms with Crippen LogP contribution in [-0.2, 0) is 11.0 Å². The van der Waals surface area contributed by atoms with Gasteiger partial charge >= 0.3 is 0 Å². The Hall–Kier alpha value is -8.86. The maximum absolute atomic E-state index is 12.9. The van der Waals surface area contributed by atoms with Gasteiger partial charge in [-0.05, 0) is 68.8 Å². The van der Waals surface area contributed by atoms with Crippen molar-refractivity contribution in [2.45, 2.75) is 11.0 Å². The van der Waals surface area contributed by atoms with Crippen molar-refractivity contribution in [1.82, 2.24) is 29.9 Å². The second kappa shape index (κ2) is 21.4. The van der Waals surface area contributed by atoms with E-state index in [4.69, 9.17) is 29.9 Å². The first-order valence-electron chi connectivity index (χ1n) is 25.2. The van der Waals surface area contributed by atoms with E-state index in [0.29, 0.717) is 40.2 Å². The molecule has 1 N–H and O–H groups in total. The highest BCUT2D eigenvalue weighted by molar-refractivity contribution is 9.10. The van der Waals surface area contributed by atoms with Crippen LogP contribution in [0.25, 0.3) is 67.8 Å². The number of rotatable bonds is 10. The number of aromatic nitrogens is 6. The first-order valence-corrected chi connectivity index (χ1v) is 26.8. The third kappa shape index (κ3) is 9.39. The lowest BCUT2D eigenvalue weighted by molar-refractivity contribution is 0.116. The van der Waals surface area contributed by atoms with Crippen LogP contribution < -0.4 is 0 Å². The minimum Gasteiger partial charge on any atom is -0.373 e. The molecule has 12 aromatic rings. The Balaban J connectivity index is 0.000000155. The summed E-state index contributed by atoms with van der Waals surface area (Å²) in [6.07, 6.45) is 0. The Morgan fingerprint density at radius 2 is 0.649 bits per heavy atom. The Bertz CT molecular complexity index is 3840. The summed E-state index contributed by atoms with van der Waals surface area (Å²) < 4.78 is 1.94. The number of fused-ring (bicyclic) bond motifs is 3. The van der Waals surface area contributed by atoms with Crippen LogP contribution >= 0.6 is 31.9 Å². The smallest absolute Gasteiger partial charge is 0.175 e. The Labute approximate surface area is 464 Å². The number of nitrogens with zero attached hydrogens (tertiary/aromatic N) is 6. The average Bonchev–Trinajstić information content (AvgIpc) is 4.07. The van der Waals surface area contributed by atoms with E-state index in [2.05, 4.69) is 129 Å². The Kier molecular flexibility index (Phi) is 13.6. The fourth-order valence-corrected chi connectivity index (χ4v) is 10.9. The van der Waals surface area contributed by atoms with E-state index in [1.807, 2.05) is 176 Å². The van der Waals surface area contributed by atoms with Crippen molar-refractivity contribution in [2.75, 3.05) is 0 Å². The molecule has 1 unspecified atom stereocenters. The molecule has 0 saturated carbocycles. The topological polar surface area (TPSA) is 97.6 Å². The van der Waals surface area contributed by atoms with Crippen LogP contribution in [0.3, 0.4) is 0 Å². The fraction of sp³-hybridized carbons (Fsp3) is 0.0294. The normalized spacial score (nSPS) is 12.8. The zero-order chi connectivity index (χ0) is 52.2. The van der Waals surface area contributed by atoms with Gasteiger partial charge in [-0.25, -0.2) is 29.9 Å². The first kappa shape index (κ1) is 49.0. The highest BCUT2D eigenvalue weighted by Gasteiger charge is 2.49. The van der Waals surface area contributed by atoms with E-state index in [-0.39, 0.29) is 5.82 Å². The van der Waals surface area contributed by atoms with Crippen molar-refractivity contribution >= 4 is 31.9 Å². The van der Waals surface area contributed by atoms with Crippen LogP contribution in [0.2, 0.25) is 0 Å². The predicted molar refractivity (Wildman–Crippen MR) is 315 cm³/mol. The lowest BCUT2D eigenvalue weighted by Gasteiger charge is -2.32.